The van der Waals surface area contributed by atoms with Gasteiger partial charge in [-0.2, -0.15) is 5.10 Å². The highest BCUT2D eigenvalue weighted by atomic mass is 16.4. The summed E-state index contributed by atoms with van der Waals surface area (Å²) >= 11 is 0. The van der Waals surface area contributed by atoms with Crippen molar-refractivity contribution in [2.45, 2.75) is 19.8 Å². The molecule has 0 fully saturated rings. The van der Waals surface area contributed by atoms with E-state index in [1.807, 2.05) is 24.3 Å². The maximum absolute atomic E-state index is 10.8. The summed E-state index contributed by atoms with van der Waals surface area (Å²) in [5.74, 6) is -0.644. The molecule has 1 N–H and O–H groups in total. The molecule has 0 atom stereocenters. The Morgan fingerprint density at radius 1 is 1.29 bits per heavy atom. The lowest BCUT2D eigenvalue weighted by molar-refractivity contribution is 0.0690. The summed E-state index contributed by atoms with van der Waals surface area (Å²) in [5, 5.41) is 12.9. The van der Waals surface area contributed by atoms with Gasteiger partial charge in [0.2, 0.25) is 0 Å². The molecule has 4 heteroatoms. The number of aromatic nitrogens is 2. The largest absolute Gasteiger partial charge is 0.476 e. The third kappa shape index (κ3) is 2.20. The van der Waals surface area contributed by atoms with Crippen molar-refractivity contribution >= 4 is 5.97 Å². The van der Waals surface area contributed by atoms with Crippen molar-refractivity contribution in [3.8, 4) is 5.69 Å². The molecule has 0 aliphatic rings. The van der Waals surface area contributed by atoms with E-state index < -0.39 is 5.97 Å². The van der Waals surface area contributed by atoms with E-state index in [1.54, 1.807) is 10.9 Å². The average molecular weight is 230 g/mol. The Morgan fingerprint density at radius 3 is 2.59 bits per heavy atom. The smallest absolute Gasteiger partial charge is 0.356 e. The maximum Gasteiger partial charge on any atom is 0.356 e. The summed E-state index contributed by atoms with van der Waals surface area (Å²) in [6, 6.07) is 9.36. The Labute approximate surface area is 99.5 Å². The molecule has 0 saturated carbocycles. The van der Waals surface area contributed by atoms with E-state index in [0.717, 1.165) is 11.3 Å². The van der Waals surface area contributed by atoms with Crippen molar-refractivity contribution in [2.75, 3.05) is 0 Å². The third-order valence-corrected chi connectivity index (χ3v) is 2.61. The molecule has 2 rings (SSSR count). The van der Waals surface area contributed by atoms with Crippen LogP contribution in [0, 0.1) is 0 Å². The molecule has 0 amide bonds. The molecule has 17 heavy (non-hydrogen) atoms. The minimum Gasteiger partial charge on any atom is -0.476 e. The molecule has 0 radical (unpaired) electrons. The molecule has 1 heterocycles. The number of rotatable bonds is 3. The van der Waals surface area contributed by atoms with Crippen LogP contribution in [0.2, 0.25) is 0 Å². The second-order valence-electron chi connectivity index (χ2n) is 4.16. The van der Waals surface area contributed by atoms with Gasteiger partial charge in [0.05, 0.1) is 5.69 Å². The predicted octanol–water partition coefficient (Wildman–Crippen LogP) is 2.69. The van der Waals surface area contributed by atoms with Crippen molar-refractivity contribution < 1.29 is 9.90 Å². The SMILES string of the molecule is CC(C)c1ccccc1-n1ccc(C(=O)O)n1. The van der Waals surface area contributed by atoms with E-state index >= 15 is 0 Å². The van der Waals surface area contributed by atoms with Gasteiger partial charge in [-0.25, -0.2) is 9.48 Å². The molecule has 0 saturated heterocycles. The Kier molecular flexibility index (Phi) is 2.95. The van der Waals surface area contributed by atoms with Crippen molar-refractivity contribution in [1.29, 1.82) is 0 Å². The van der Waals surface area contributed by atoms with Gasteiger partial charge in [0.25, 0.3) is 0 Å². The van der Waals surface area contributed by atoms with Crippen LogP contribution in [0.4, 0.5) is 0 Å². The number of carboxylic acids is 1. The molecule has 1 aromatic carbocycles. The fourth-order valence-corrected chi connectivity index (χ4v) is 1.76. The van der Waals surface area contributed by atoms with Crippen molar-refractivity contribution in [3.63, 3.8) is 0 Å². The van der Waals surface area contributed by atoms with Gasteiger partial charge in [-0.05, 0) is 23.6 Å². The highest BCUT2D eigenvalue weighted by Gasteiger charge is 2.11. The number of nitrogens with zero attached hydrogens (tertiary/aromatic N) is 2. The van der Waals surface area contributed by atoms with Gasteiger partial charge in [0, 0.05) is 6.20 Å². The van der Waals surface area contributed by atoms with Crippen molar-refractivity contribution in [3.05, 3.63) is 47.8 Å². The molecule has 2 aromatic rings. The number of para-hydroxylation sites is 1. The molecule has 0 spiro atoms. The van der Waals surface area contributed by atoms with E-state index in [2.05, 4.69) is 18.9 Å². The molecule has 0 aliphatic carbocycles. The van der Waals surface area contributed by atoms with E-state index in [1.165, 1.54) is 6.07 Å². The molecule has 0 bridgehead atoms. The lowest BCUT2D eigenvalue weighted by atomic mass is 10.0. The second kappa shape index (κ2) is 4.41. The molecule has 0 aliphatic heterocycles. The van der Waals surface area contributed by atoms with Gasteiger partial charge < -0.3 is 5.11 Å². The molecular weight excluding hydrogens is 216 g/mol. The predicted molar refractivity (Wildman–Crippen MR) is 64.6 cm³/mol. The minimum atomic E-state index is -1.01. The van der Waals surface area contributed by atoms with E-state index in [0.29, 0.717) is 5.92 Å². The highest BCUT2D eigenvalue weighted by molar-refractivity contribution is 5.85. The first kappa shape index (κ1) is 11.4. The topological polar surface area (TPSA) is 55.1 Å². The standard InChI is InChI=1S/C13H14N2O2/c1-9(2)10-5-3-4-6-12(10)15-8-7-11(14-15)13(16)17/h3-9H,1-2H3,(H,16,17). The monoisotopic (exact) mass is 230 g/mol. The highest BCUT2D eigenvalue weighted by Crippen LogP contribution is 2.22. The Balaban J connectivity index is 2.48. The first-order valence-corrected chi connectivity index (χ1v) is 5.48. The lowest BCUT2D eigenvalue weighted by Gasteiger charge is -2.11. The zero-order valence-electron chi connectivity index (χ0n) is 9.79. The zero-order chi connectivity index (χ0) is 12.4. The van der Waals surface area contributed by atoms with Gasteiger partial charge in [-0.15, -0.1) is 0 Å². The fourth-order valence-electron chi connectivity index (χ4n) is 1.76. The molecular formula is C13H14N2O2. The van der Waals surface area contributed by atoms with Crippen LogP contribution >= 0.6 is 0 Å². The van der Waals surface area contributed by atoms with Crippen molar-refractivity contribution in [1.82, 2.24) is 9.78 Å². The van der Waals surface area contributed by atoms with Crippen LogP contribution in [-0.2, 0) is 0 Å². The number of hydrogen-bond acceptors (Lipinski definition) is 2. The van der Waals surface area contributed by atoms with Crippen LogP contribution in [0.1, 0.15) is 35.8 Å². The maximum atomic E-state index is 10.8. The summed E-state index contributed by atoms with van der Waals surface area (Å²) in [7, 11) is 0. The Hall–Kier alpha value is -2.10. The quantitative estimate of drug-likeness (QED) is 0.882. The summed E-state index contributed by atoms with van der Waals surface area (Å²) in [4.78, 5) is 10.8. The van der Waals surface area contributed by atoms with Crippen LogP contribution in [0.3, 0.4) is 0 Å². The third-order valence-electron chi connectivity index (χ3n) is 2.61. The molecule has 0 unspecified atom stereocenters. The van der Waals surface area contributed by atoms with E-state index in [9.17, 15) is 4.79 Å². The summed E-state index contributed by atoms with van der Waals surface area (Å²) < 4.78 is 1.61. The summed E-state index contributed by atoms with van der Waals surface area (Å²) in [5.41, 5.74) is 2.13. The van der Waals surface area contributed by atoms with Crippen LogP contribution < -0.4 is 0 Å². The number of hydrogen-bond donors (Lipinski definition) is 1. The number of benzene rings is 1. The van der Waals surface area contributed by atoms with Crippen LogP contribution in [0.15, 0.2) is 36.5 Å². The molecule has 1 aromatic heterocycles. The number of carbonyl (C=O) groups is 1. The van der Waals surface area contributed by atoms with Crippen molar-refractivity contribution in [2.24, 2.45) is 0 Å². The molecule has 4 nitrogen and oxygen atoms in total. The van der Waals surface area contributed by atoms with Crippen LogP contribution in [0.5, 0.6) is 0 Å². The van der Waals surface area contributed by atoms with E-state index in [4.69, 9.17) is 5.11 Å². The van der Waals surface area contributed by atoms with Gasteiger partial charge in [-0.1, -0.05) is 32.0 Å². The van der Waals surface area contributed by atoms with Gasteiger partial charge in [0.1, 0.15) is 0 Å². The van der Waals surface area contributed by atoms with Gasteiger partial charge in [-0.3, -0.25) is 0 Å². The normalized spacial score (nSPS) is 10.8. The average Bonchev–Trinajstić information content (AvgIpc) is 2.78. The second-order valence-corrected chi connectivity index (χ2v) is 4.16. The number of aromatic carboxylic acids is 1. The lowest BCUT2D eigenvalue weighted by Crippen LogP contribution is -2.04. The fraction of sp³-hybridized carbons (Fsp3) is 0.231. The van der Waals surface area contributed by atoms with Gasteiger partial charge in [0.15, 0.2) is 5.69 Å². The Morgan fingerprint density at radius 2 is 2.00 bits per heavy atom. The zero-order valence-corrected chi connectivity index (χ0v) is 9.79. The summed E-state index contributed by atoms with van der Waals surface area (Å²) in [6.45, 7) is 4.20. The van der Waals surface area contributed by atoms with Gasteiger partial charge >= 0.3 is 5.97 Å². The summed E-state index contributed by atoms with van der Waals surface area (Å²) in [6.07, 6.45) is 1.67. The Bertz CT molecular complexity index is 544. The van der Waals surface area contributed by atoms with Crippen LogP contribution in [-0.4, -0.2) is 20.9 Å². The molecule has 88 valence electrons. The van der Waals surface area contributed by atoms with E-state index in [-0.39, 0.29) is 5.69 Å². The first-order chi connectivity index (χ1) is 8.09. The minimum absolute atomic E-state index is 0.0589. The van der Waals surface area contributed by atoms with Crippen LogP contribution in [0.25, 0.3) is 5.69 Å². The first-order valence-electron chi connectivity index (χ1n) is 5.48. The number of carboxylic acid groups (broad SMARTS) is 1.